The molecule has 0 bridgehead atoms. The molecule has 0 aliphatic heterocycles. The molecular formula is C17H16ClN5OS. The molecule has 1 unspecified atom stereocenters. The lowest BCUT2D eigenvalue weighted by molar-refractivity contribution is -0.115. The van der Waals surface area contributed by atoms with Gasteiger partial charge in [-0.3, -0.25) is 9.78 Å². The maximum Gasteiger partial charge on any atom is 0.237 e. The van der Waals surface area contributed by atoms with E-state index in [0.717, 1.165) is 5.56 Å². The highest BCUT2D eigenvalue weighted by atomic mass is 35.5. The topological polar surface area (TPSA) is 72.7 Å². The average Bonchev–Trinajstić information content (AvgIpc) is 2.98. The van der Waals surface area contributed by atoms with Crippen molar-refractivity contribution in [3.63, 3.8) is 0 Å². The van der Waals surface area contributed by atoms with E-state index >= 15 is 0 Å². The van der Waals surface area contributed by atoms with E-state index in [4.69, 9.17) is 11.6 Å². The Balaban J connectivity index is 1.68. The van der Waals surface area contributed by atoms with E-state index in [1.165, 1.54) is 11.8 Å². The van der Waals surface area contributed by atoms with Crippen molar-refractivity contribution in [3.8, 4) is 11.4 Å². The first kappa shape index (κ1) is 17.4. The largest absolute Gasteiger partial charge is 0.325 e. The summed E-state index contributed by atoms with van der Waals surface area (Å²) in [6.07, 6.45) is 3.44. The first-order chi connectivity index (χ1) is 12.0. The minimum atomic E-state index is -0.333. The third kappa shape index (κ3) is 4.18. The molecule has 1 amide bonds. The Morgan fingerprint density at radius 3 is 2.68 bits per heavy atom. The number of aromatic nitrogens is 4. The SMILES string of the molecule is CC(Sc1nnc(-c2cccnc2)n1C)C(=O)Nc1ccc(Cl)cc1. The van der Waals surface area contributed by atoms with E-state index in [-0.39, 0.29) is 11.2 Å². The summed E-state index contributed by atoms with van der Waals surface area (Å²) in [5.41, 5.74) is 1.58. The van der Waals surface area contributed by atoms with Crippen molar-refractivity contribution in [1.29, 1.82) is 0 Å². The van der Waals surface area contributed by atoms with Crippen LogP contribution in [0.15, 0.2) is 53.9 Å². The van der Waals surface area contributed by atoms with Crippen molar-refractivity contribution in [2.24, 2.45) is 7.05 Å². The van der Waals surface area contributed by atoms with Gasteiger partial charge < -0.3 is 9.88 Å². The molecule has 0 aliphatic rings. The molecule has 0 saturated carbocycles. The number of nitrogens with one attached hydrogen (secondary N) is 1. The second-order valence-electron chi connectivity index (χ2n) is 5.36. The molecule has 128 valence electrons. The summed E-state index contributed by atoms with van der Waals surface area (Å²) in [6, 6.07) is 10.8. The summed E-state index contributed by atoms with van der Waals surface area (Å²) in [4.78, 5) is 16.4. The number of rotatable bonds is 5. The van der Waals surface area contributed by atoms with Gasteiger partial charge in [0.2, 0.25) is 5.91 Å². The number of anilines is 1. The van der Waals surface area contributed by atoms with Gasteiger partial charge in [-0.25, -0.2) is 0 Å². The van der Waals surface area contributed by atoms with Gasteiger partial charge in [0.1, 0.15) is 0 Å². The van der Waals surface area contributed by atoms with Crippen LogP contribution in [0, 0.1) is 0 Å². The Labute approximate surface area is 154 Å². The zero-order valence-electron chi connectivity index (χ0n) is 13.7. The Morgan fingerprint density at radius 1 is 1.24 bits per heavy atom. The zero-order chi connectivity index (χ0) is 17.8. The molecule has 1 atom stereocenters. The highest BCUT2D eigenvalue weighted by Crippen LogP contribution is 2.26. The number of carbonyl (C=O) groups excluding carboxylic acids is 1. The molecule has 8 heteroatoms. The van der Waals surface area contributed by atoms with Crippen molar-refractivity contribution >= 4 is 35.0 Å². The molecule has 0 radical (unpaired) electrons. The molecule has 0 aliphatic carbocycles. The van der Waals surface area contributed by atoms with Gasteiger partial charge >= 0.3 is 0 Å². The van der Waals surface area contributed by atoms with Gasteiger partial charge in [0.25, 0.3) is 0 Å². The number of hydrogen-bond acceptors (Lipinski definition) is 5. The molecule has 1 aromatic carbocycles. The molecule has 6 nitrogen and oxygen atoms in total. The number of pyridine rings is 1. The first-order valence-corrected chi connectivity index (χ1v) is 8.83. The third-order valence-electron chi connectivity index (χ3n) is 3.52. The van der Waals surface area contributed by atoms with Crippen LogP contribution < -0.4 is 5.32 Å². The van der Waals surface area contributed by atoms with Crippen LogP contribution in [0.1, 0.15) is 6.92 Å². The van der Waals surface area contributed by atoms with E-state index < -0.39 is 0 Å². The highest BCUT2D eigenvalue weighted by Gasteiger charge is 2.19. The Morgan fingerprint density at radius 2 is 2.00 bits per heavy atom. The number of thioether (sulfide) groups is 1. The van der Waals surface area contributed by atoms with Crippen LogP contribution in [0.4, 0.5) is 5.69 Å². The zero-order valence-corrected chi connectivity index (χ0v) is 15.3. The average molecular weight is 374 g/mol. The van der Waals surface area contributed by atoms with Crippen LogP contribution in [-0.2, 0) is 11.8 Å². The second-order valence-corrected chi connectivity index (χ2v) is 7.11. The van der Waals surface area contributed by atoms with E-state index in [9.17, 15) is 4.79 Å². The molecule has 2 aromatic heterocycles. The monoisotopic (exact) mass is 373 g/mol. The van der Waals surface area contributed by atoms with Crippen molar-refractivity contribution in [2.45, 2.75) is 17.3 Å². The van der Waals surface area contributed by atoms with E-state index in [1.807, 2.05) is 30.7 Å². The summed E-state index contributed by atoms with van der Waals surface area (Å²) in [7, 11) is 1.87. The second kappa shape index (κ2) is 7.67. The van der Waals surface area contributed by atoms with E-state index in [0.29, 0.717) is 21.7 Å². The molecule has 0 spiro atoms. The number of benzene rings is 1. The molecule has 2 heterocycles. The standard InChI is InChI=1S/C17H16ClN5OS/c1-11(16(24)20-14-7-5-13(18)6-8-14)25-17-22-21-15(23(17)2)12-4-3-9-19-10-12/h3-11H,1-2H3,(H,20,24). The normalized spacial score (nSPS) is 12.0. The number of halogens is 1. The van der Waals surface area contributed by atoms with Crippen molar-refractivity contribution in [1.82, 2.24) is 19.7 Å². The minimum absolute atomic E-state index is 0.113. The molecular weight excluding hydrogens is 358 g/mol. The van der Waals surface area contributed by atoms with Crippen molar-refractivity contribution in [2.75, 3.05) is 5.32 Å². The van der Waals surface area contributed by atoms with Crippen LogP contribution in [0.5, 0.6) is 0 Å². The van der Waals surface area contributed by atoms with Gasteiger partial charge in [0.15, 0.2) is 11.0 Å². The smallest absolute Gasteiger partial charge is 0.237 e. The fourth-order valence-electron chi connectivity index (χ4n) is 2.15. The van der Waals surface area contributed by atoms with Gasteiger partial charge in [0, 0.05) is 35.7 Å². The number of hydrogen-bond donors (Lipinski definition) is 1. The molecule has 0 saturated heterocycles. The van der Waals surface area contributed by atoms with Gasteiger partial charge in [0.05, 0.1) is 5.25 Å². The van der Waals surface area contributed by atoms with Crippen molar-refractivity contribution in [3.05, 3.63) is 53.8 Å². The lowest BCUT2D eigenvalue weighted by atomic mass is 10.3. The van der Waals surface area contributed by atoms with Crippen LogP contribution in [0.3, 0.4) is 0 Å². The Kier molecular flexibility index (Phi) is 5.35. The van der Waals surface area contributed by atoms with E-state index in [1.54, 1.807) is 36.7 Å². The summed E-state index contributed by atoms with van der Waals surface area (Å²) in [5, 5.41) is 12.2. The molecule has 3 aromatic rings. The van der Waals surface area contributed by atoms with Crippen LogP contribution in [0.25, 0.3) is 11.4 Å². The minimum Gasteiger partial charge on any atom is -0.325 e. The van der Waals surface area contributed by atoms with Crippen LogP contribution in [0.2, 0.25) is 5.02 Å². The lowest BCUT2D eigenvalue weighted by Gasteiger charge is -2.11. The quantitative estimate of drug-likeness (QED) is 0.691. The summed E-state index contributed by atoms with van der Waals surface area (Å²) in [5.74, 6) is 0.596. The lowest BCUT2D eigenvalue weighted by Crippen LogP contribution is -2.22. The van der Waals surface area contributed by atoms with Crippen LogP contribution >= 0.6 is 23.4 Å². The Bertz CT molecular complexity index is 867. The summed E-state index contributed by atoms with van der Waals surface area (Å²) < 4.78 is 1.85. The highest BCUT2D eigenvalue weighted by molar-refractivity contribution is 8.00. The fraction of sp³-hybridized carbons (Fsp3) is 0.176. The predicted molar refractivity (Wildman–Crippen MR) is 99.6 cm³/mol. The van der Waals surface area contributed by atoms with Gasteiger partial charge in [-0.1, -0.05) is 23.4 Å². The maximum atomic E-state index is 12.4. The van der Waals surface area contributed by atoms with Gasteiger partial charge in [-0.2, -0.15) is 0 Å². The Hall–Kier alpha value is -2.38. The fourth-order valence-corrected chi connectivity index (χ4v) is 3.09. The maximum absolute atomic E-state index is 12.4. The number of nitrogens with zero attached hydrogens (tertiary/aromatic N) is 4. The third-order valence-corrected chi connectivity index (χ3v) is 4.90. The molecule has 25 heavy (non-hydrogen) atoms. The summed E-state index contributed by atoms with van der Waals surface area (Å²) in [6.45, 7) is 1.83. The number of carbonyl (C=O) groups is 1. The van der Waals surface area contributed by atoms with Crippen LogP contribution in [-0.4, -0.2) is 30.9 Å². The van der Waals surface area contributed by atoms with E-state index in [2.05, 4.69) is 20.5 Å². The molecule has 3 rings (SSSR count). The predicted octanol–water partition coefficient (Wildman–Crippen LogP) is 3.65. The first-order valence-electron chi connectivity index (χ1n) is 7.57. The molecule has 0 fully saturated rings. The number of amides is 1. The molecule has 1 N–H and O–H groups in total. The van der Waals surface area contributed by atoms with Crippen molar-refractivity contribution < 1.29 is 4.79 Å². The van der Waals surface area contributed by atoms with Gasteiger partial charge in [-0.05, 0) is 43.3 Å². The summed E-state index contributed by atoms with van der Waals surface area (Å²) >= 11 is 7.20. The van der Waals surface area contributed by atoms with Gasteiger partial charge in [-0.15, -0.1) is 10.2 Å².